The summed E-state index contributed by atoms with van der Waals surface area (Å²) >= 11 is 1.45. The van der Waals surface area contributed by atoms with Crippen molar-refractivity contribution in [1.29, 1.82) is 0 Å². The second kappa shape index (κ2) is 3.90. The van der Waals surface area contributed by atoms with Crippen LogP contribution in [0.1, 0.15) is 31.6 Å². The van der Waals surface area contributed by atoms with E-state index in [4.69, 9.17) is 4.42 Å². The van der Waals surface area contributed by atoms with Gasteiger partial charge in [-0.25, -0.2) is 0 Å². The van der Waals surface area contributed by atoms with E-state index in [2.05, 4.69) is 10.2 Å². The molecule has 0 aliphatic heterocycles. The lowest BCUT2D eigenvalue weighted by Crippen LogP contribution is -2.27. The highest BCUT2D eigenvalue weighted by molar-refractivity contribution is 7.99. The molecule has 0 atom stereocenters. The molecule has 1 aromatic rings. The fourth-order valence-corrected chi connectivity index (χ4v) is 2.67. The minimum absolute atomic E-state index is 0.507. The Kier molecular flexibility index (Phi) is 2.78. The largest absolute Gasteiger partial charge is 0.416 e. The molecule has 14 heavy (non-hydrogen) atoms. The summed E-state index contributed by atoms with van der Waals surface area (Å²) in [5.41, 5.74) is -0.507. The van der Waals surface area contributed by atoms with Gasteiger partial charge in [-0.05, 0) is 12.8 Å². The van der Waals surface area contributed by atoms with Gasteiger partial charge in [0.05, 0.1) is 5.60 Å². The number of hydrogen-bond acceptors (Lipinski definition) is 5. The smallest absolute Gasteiger partial charge is 0.276 e. The summed E-state index contributed by atoms with van der Waals surface area (Å²) in [4.78, 5) is 0. The third-order valence-corrected chi connectivity index (χ3v) is 3.60. The second-order valence-electron chi connectivity index (χ2n) is 3.81. The van der Waals surface area contributed by atoms with Crippen LogP contribution in [0.2, 0.25) is 0 Å². The average Bonchev–Trinajstić information content (AvgIpc) is 2.73. The lowest BCUT2D eigenvalue weighted by atomic mass is 10.1. The first-order chi connectivity index (χ1) is 6.68. The topological polar surface area (TPSA) is 59.2 Å². The Balaban J connectivity index is 1.87. The first-order valence-corrected chi connectivity index (χ1v) is 5.82. The normalized spacial score (nSPS) is 20.1. The van der Waals surface area contributed by atoms with Gasteiger partial charge in [0.2, 0.25) is 5.89 Å². The first-order valence-electron chi connectivity index (χ1n) is 4.83. The van der Waals surface area contributed by atoms with Gasteiger partial charge in [0.15, 0.2) is 0 Å². The number of nitrogens with zero attached hydrogens (tertiary/aromatic N) is 2. The quantitative estimate of drug-likeness (QED) is 0.777. The molecule has 1 aromatic heterocycles. The molecular formula is C9H14N2O2S. The zero-order valence-electron chi connectivity index (χ0n) is 8.19. The number of aryl methyl sites for hydroxylation is 1. The standard InChI is InChI=1S/C9H14N2O2S/c1-7-10-11-8(13-7)14-6-9(12)4-2-3-5-9/h12H,2-6H2,1H3. The third-order valence-electron chi connectivity index (χ3n) is 2.51. The Bertz CT molecular complexity index is 308. The van der Waals surface area contributed by atoms with Crippen LogP contribution < -0.4 is 0 Å². The van der Waals surface area contributed by atoms with Crippen molar-refractivity contribution >= 4 is 11.8 Å². The fraction of sp³-hybridized carbons (Fsp3) is 0.778. The van der Waals surface area contributed by atoms with E-state index in [0.29, 0.717) is 16.9 Å². The van der Waals surface area contributed by atoms with Gasteiger partial charge >= 0.3 is 0 Å². The van der Waals surface area contributed by atoms with Gasteiger partial charge < -0.3 is 9.52 Å². The van der Waals surface area contributed by atoms with Crippen molar-refractivity contribution in [3.63, 3.8) is 0 Å². The molecule has 1 saturated carbocycles. The van der Waals surface area contributed by atoms with E-state index in [1.807, 2.05) is 0 Å². The Morgan fingerprint density at radius 1 is 1.43 bits per heavy atom. The molecule has 5 heteroatoms. The summed E-state index contributed by atoms with van der Waals surface area (Å²) in [5.74, 6) is 1.24. The van der Waals surface area contributed by atoms with Crippen LogP contribution in [0.15, 0.2) is 9.64 Å². The number of aromatic nitrogens is 2. The molecule has 0 saturated heterocycles. The predicted molar refractivity (Wildman–Crippen MR) is 53.2 cm³/mol. The van der Waals surface area contributed by atoms with Gasteiger partial charge in [0.25, 0.3) is 5.22 Å². The van der Waals surface area contributed by atoms with Gasteiger partial charge in [-0.1, -0.05) is 24.6 Å². The molecule has 0 aromatic carbocycles. The number of thioether (sulfide) groups is 1. The predicted octanol–water partition coefficient (Wildman–Crippen LogP) is 1.78. The Morgan fingerprint density at radius 3 is 2.71 bits per heavy atom. The number of hydrogen-bond donors (Lipinski definition) is 1. The Morgan fingerprint density at radius 2 is 2.14 bits per heavy atom. The van der Waals surface area contributed by atoms with Crippen LogP contribution in [0, 0.1) is 6.92 Å². The van der Waals surface area contributed by atoms with Crippen molar-refractivity contribution in [3.8, 4) is 0 Å². The van der Waals surface area contributed by atoms with Gasteiger partial charge in [0, 0.05) is 12.7 Å². The molecule has 1 heterocycles. The molecule has 4 nitrogen and oxygen atoms in total. The van der Waals surface area contributed by atoms with Crippen molar-refractivity contribution in [2.75, 3.05) is 5.75 Å². The molecule has 0 unspecified atom stereocenters. The summed E-state index contributed by atoms with van der Waals surface area (Å²) in [6.07, 6.45) is 4.04. The minimum Gasteiger partial charge on any atom is -0.416 e. The van der Waals surface area contributed by atoms with Crippen LogP contribution in [0.5, 0.6) is 0 Å². The van der Waals surface area contributed by atoms with Gasteiger partial charge in [-0.2, -0.15) is 0 Å². The summed E-state index contributed by atoms with van der Waals surface area (Å²) < 4.78 is 5.22. The van der Waals surface area contributed by atoms with Crippen LogP contribution in [-0.2, 0) is 0 Å². The molecule has 1 fully saturated rings. The maximum absolute atomic E-state index is 10.0. The third kappa shape index (κ3) is 2.27. The van der Waals surface area contributed by atoms with E-state index in [1.165, 1.54) is 11.8 Å². The molecule has 0 bridgehead atoms. The highest BCUT2D eigenvalue weighted by Gasteiger charge is 2.31. The molecule has 1 aliphatic rings. The van der Waals surface area contributed by atoms with Crippen LogP contribution in [0.25, 0.3) is 0 Å². The highest BCUT2D eigenvalue weighted by Crippen LogP contribution is 2.34. The molecule has 0 amide bonds. The maximum atomic E-state index is 10.0. The summed E-state index contributed by atoms with van der Waals surface area (Å²) in [6.45, 7) is 1.77. The Hall–Kier alpha value is -0.550. The lowest BCUT2D eigenvalue weighted by Gasteiger charge is -2.19. The Labute approximate surface area is 87.1 Å². The monoisotopic (exact) mass is 214 g/mol. The van der Waals surface area contributed by atoms with Crippen LogP contribution in [0.3, 0.4) is 0 Å². The zero-order valence-corrected chi connectivity index (χ0v) is 9.01. The SMILES string of the molecule is Cc1nnc(SCC2(O)CCCC2)o1. The lowest BCUT2D eigenvalue weighted by molar-refractivity contribution is 0.0730. The summed E-state index contributed by atoms with van der Waals surface area (Å²) in [7, 11) is 0. The molecule has 78 valence electrons. The van der Waals surface area contributed by atoms with Crippen molar-refractivity contribution in [3.05, 3.63) is 5.89 Å². The van der Waals surface area contributed by atoms with E-state index in [1.54, 1.807) is 6.92 Å². The van der Waals surface area contributed by atoms with E-state index >= 15 is 0 Å². The molecule has 0 radical (unpaired) electrons. The van der Waals surface area contributed by atoms with Crippen LogP contribution >= 0.6 is 11.8 Å². The van der Waals surface area contributed by atoms with Gasteiger partial charge in [0.1, 0.15) is 0 Å². The summed E-state index contributed by atoms with van der Waals surface area (Å²) in [6, 6.07) is 0. The van der Waals surface area contributed by atoms with Crippen molar-refractivity contribution in [2.24, 2.45) is 0 Å². The maximum Gasteiger partial charge on any atom is 0.276 e. The average molecular weight is 214 g/mol. The molecule has 1 N–H and O–H groups in total. The van der Waals surface area contributed by atoms with E-state index in [9.17, 15) is 5.11 Å². The number of aliphatic hydroxyl groups is 1. The molecule has 2 rings (SSSR count). The van der Waals surface area contributed by atoms with Crippen molar-refractivity contribution < 1.29 is 9.52 Å². The van der Waals surface area contributed by atoms with E-state index < -0.39 is 5.60 Å². The van der Waals surface area contributed by atoms with E-state index in [-0.39, 0.29) is 0 Å². The van der Waals surface area contributed by atoms with Crippen molar-refractivity contribution in [2.45, 2.75) is 43.4 Å². The highest BCUT2D eigenvalue weighted by atomic mass is 32.2. The number of rotatable bonds is 3. The van der Waals surface area contributed by atoms with Crippen LogP contribution in [0.4, 0.5) is 0 Å². The summed E-state index contributed by atoms with van der Waals surface area (Å²) in [5, 5.41) is 18.2. The molecule has 0 spiro atoms. The van der Waals surface area contributed by atoms with Gasteiger partial charge in [-0.3, -0.25) is 0 Å². The molecule has 1 aliphatic carbocycles. The first kappa shape index (κ1) is 9.98. The minimum atomic E-state index is -0.507. The second-order valence-corrected chi connectivity index (χ2v) is 4.73. The van der Waals surface area contributed by atoms with E-state index in [0.717, 1.165) is 25.7 Å². The molecular weight excluding hydrogens is 200 g/mol. The van der Waals surface area contributed by atoms with Crippen LogP contribution in [-0.4, -0.2) is 26.7 Å². The van der Waals surface area contributed by atoms with Crippen molar-refractivity contribution in [1.82, 2.24) is 10.2 Å². The zero-order chi connectivity index (χ0) is 10.0. The fourth-order valence-electron chi connectivity index (χ4n) is 1.71. The van der Waals surface area contributed by atoms with Gasteiger partial charge in [-0.15, -0.1) is 10.2 Å².